The number of hydrogen-bond acceptors (Lipinski definition) is 3. The van der Waals surface area contributed by atoms with Gasteiger partial charge in [0.15, 0.2) is 0 Å². The van der Waals surface area contributed by atoms with Gasteiger partial charge in [-0.1, -0.05) is 20.8 Å². The molecule has 3 heteroatoms. The molecular weight excluding hydrogens is 238 g/mol. The first kappa shape index (κ1) is 16.9. The molecule has 0 unspecified atom stereocenters. The monoisotopic (exact) mass is 271 g/mol. The van der Waals surface area contributed by atoms with Crippen LogP contribution in [-0.4, -0.2) is 33.5 Å². The molecule has 0 atom stereocenters. The van der Waals surface area contributed by atoms with Crippen LogP contribution in [0.4, 0.5) is 0 Å². The largest absolute Gasteiger partial charge is 0.382 e. The van der Waals surface area contributed by atoms with Crippen molar-refractivity contribution in [2.75, 3.05) is 33.5 Å². The first-order valence-electron chi connectivity index (χ1n) is 7.70. The number of rotatable bonds is 7. The Balaban J connectivity index is 2.34. The molecule has 2 N–H and O–H groups in total. The maximum Gasteiger partial charge on any atom is 0.0700 e. The van der Waals surface area contributed by atoms with E-state index in [1.165, 1.54) is 25.7 Å². The average molecular weight is 271 g/mol. The van der Waals surface area contributed by atoms with E-state index in [0.29, 0.717) is 24.0 Å². The Kier molecular flexibility index (Phi) is 6.78. The quantitative estimate of drug-likeness (QED) is 0.723. The second-order valence-electron chi connectivity index (χ2n) is 7.20. The van der Waals surface area contributed by atoms with E-state index < -0.39 is 0 Å². The minimum Gasteiger partial charge on any atom is -0.382 e. The van der Waals surface area contributed by atoms with Crippen LogP contribution < -0.4 is 5.73 Å². The van der Waals surface area contributed by atoms with E-state index in [0.717, 1.165) is 25.5 Å². The smallest absolute Gasteiger partial charge is 0.0700 e. The topological polar surface area (TPSA) is 44.5 Å². The van der Waals surface area contributed by atoms with Crippen molar-refractivity contribution in [2.24, 2.45) is 22.5 Å². The summed E-state index contributed by atoms with van der Waals surface area (Å²) in [5, 5.41) is 0. The van der Waals surface area contributed by atoms with Gasteiger partial charge in [-0.3, -0.25) is 0 Å². The van der Waals surface area contributed by atoms with Gasteiger partial charge in [-0.05, 0) is 55.4 Å². The Hall–Kier alpha value is -0.120. The summed E-state index contributed by atoms with van der Waals surface area (Å²) in [6.07, 6.45) is 6.26. The van der Waals surface area contributed by atoms with Crippen LogP contribution in [0.5, 0.6) is 0 Å². The molecule has 1 saturated carbocycles. The van der Waals surface area contributed by atoms with Crippen molar-refractivity contribution >= 4 is 0 Å². The maximum atomic E-state index is 6.05. The Morgan fingerprint density at radius 1 is 1.11 bits per heavy atom. The zero-order chi connectivity index (χ0) is 14.4. The molecule has 114 valence electrons. The normalized spacial score (nSPS) is 28.6. The van der Waals surface area contributed by atoms with Crippen molar-refractivity contribution in [2.45, 2.75) is 52.9 Å². The minimum absolute atomic E-state index is 0.328. The lowest BCUT2D eigenvalue weighted by molar-refractivity contribution is 0.0290. The first-order chi connectivity index (χ1) is 8.93. The van der Waals surface area contributed by atoms with Crippen LogP contribution in [-0.2, 0) is 9.47 Å². The van der Waals surface area contributed by atoms with E-state index >= 15 is 0 Å². The number of hydrogen-bond donors (Lipinski definition) is 1. The standard InChI is InChI=1S/C16H33NO2/c1-15(2,3)14-5-7-16(13-17,8-6-14)9-10-19-12-11-18-4/h14H,5-13,17H2,1-4H3. The third kappa shape index (κ3) is 5.41. The van der Waals surface area contributed by atoms with Gasteiger partial charge in [0.25, 0.3) is 0 Å². The molecule has 1 fully saturated rings. The third-order valence-electron chi connectivity index (χ3n) is 4.91. The molecule has 0 heterocycles. The van der Waals surface area contributed by atoms with Crippen molar-refractivity contribution < 1.29 is 9.47 Å². The fraction of sp³-hybridized carbons (Fsp3) is 1.00. The van der Waals surface area contributed by atoms with Gasteiger partial charge in [-0.2, -0.15) is 0 Å². The van der Waals surface area contributed by atoms with Crippen LogP contribution in [0.3, 0.4) is 0 Å². The molecule has 0 bridgehead atoms. The number of ether oxygens (including phenoxy) is 2. The molecule has 1 aliphatic rings. The van der Waals surface area contributed by atoms with Crippen molar-refractivity contribution in [3.63, 3.8) is 0 Å². The highest BCUT2D eigenvalue weighted by Crippen LogP contribution is 2.46. The molecular formula is C16H33NO2. The second kappa shape index (κ2) is 7.61. The Bertz CT molecular complexity index is 240. The summed E-state index contributed by atoms with van der Waals surface area (Å²) in [5.74, 6) is 0.849. The molecule has 3 nitrogen and oxygen atoms in total. The minimum atomic E-state index is 0.328. The van der Waals surface area contributed by atoms with Gasteiger partial charge in [0.2, 0.25) is 0 Å². The molecule has 0 aromatic heterocycles. The molecule has 0 amide bonds. The summed E-state index contributed by atoms with van der Waals surface area (Å²) in [4.78, 5) is 0. The summed E-state index contributed by atoms with van der Waals surface area (Å²) in [6, 6.07) is 0. The second-order valence-corrected chi connectivity index (χ2v) is 7.20. The molecule has 0 saturated heterocycles. The molecule has 0 radical (unpaired) electrons. The van der Waals surface area contributed by atoms with Crippen molar-refractivity contribution in [3.05, 3.63) is 0 Å². The molecule has 19 heavy (non-hydrogen) atoms. The Morgan fingerprint density at radius 3 is 2.21 bits per heavy atom. The fourth-order valence-electron chi connectivity index (χ4n) is 3.19. The lowest BCUT2D eigenvalue weighted by Gasteiger charge is -2.43. The van der Waals surface area contributed by atoms with Gasteiger partial charge in [-0.25, -0.2) is 0 Å². The zero-order valence-corrected chi connectivity index (χ0v) is 13.3. The third-order valence-corrected chi connectivity index (χ3v) is 4.91. The van der Waals surface area contributed by atoms with Crippen molar-refractivity contribution in [1.82, 2.24) is 0 Å². The van der Waals surface area contributed by atoms with Crippen molar-refractivity contribution in [3.8, 4) is 0 Å². The van der Waals surface area contributed by atoms with Gasteiger partial charge < -0.3 is 15.2 Å². The maximum absolute atomic E-state index is 6.05. The average Bonchev–Trinajstić information content (AvgIpc) is 2.38. The van der Waals surface area contributed by atoms with Crippen LogP contribution in [0.2, 0.25) is 0 Å². The molecule has 0 aromatic carbocycles. The highest BCUT2D eigenvalue weighted by molar-refractivity contribution is 4.89. The van der Waals surface area contributed by atoms with Crippen LogP contribution >= 0.6 is 0 Å². The number of nitrogens with two attached hydrogens (primary N) is 1. The zero-order valence-electron chi connectivity index (χ0n) is 13.3. The number of methoxy groups -OCH3 is 1. The van der Waals surface area contributed by atoms with E-state index in [-0.39, 0.29) is 0 Å². The van der Waals surface area contributed by atoms with E-state index in [2.05, 4.69) is 20.8 Å². The van der Waals surface area contributed by atoms with Gasteiger partial charge in [-0.15, -0.1) is 0 Å². The van der Waals surface area contributed by atoms with Gasteiger partial charge in [0.05, 0.1) is 13.2 Å². The van der Waals surface area contributed by atoms with Crippen LogP contribution in [0, 0.1) is 16.7 Å². The highest BCUT2D eigenvalue weighted by atomic mass is 16.5. The molecule has 1 rings (SSSR count). The van der Waals surface area contributed by atoms with Gasteiger partial charge in [0.1, 0.15) is 0 Å². The van der Waals surface area contributed by atoms with E-state index in [1.807, 2.05) is 0 Å². The Morgan fingerprint density at radius 2 is 1.74 bits per heavy atom. The van der Waals surface area contributed by atoms with E-state index in [9.17, 15) is 0 Å². The van der Waals surface area contributed by atoms with E-state index in [4.69, 9.17) is 15.2 Å². The highest BCUT2D eigenvalue weighted by Gasteiger charge is 2.37. The summed E-state index contributed by atoms with van der Waals surface area (Å²) >= 11 is 0. The summed E-state index contributed by atoms with van der Waals surface area (Å²) in [6.45, 7) is 10.1. The molecule has 0 aromatic rings. The lowest BCUT2D eigenvalue weighted by Crippen LogP contribution is -2.38. The van der Waals surface area contributed by atoms with Crippen LogP contribution in [0.15, 0.2) is 0 Å². The van der Waals surface area contributed by atoms with Crippen molar-refractivity contribution in [1.29, 1.82) is 0 Å². The van der Waals surface area contributed by atoms with Crippen LogP contribution in [0.1, 0.15) is 52.9 Å². The first-order valence-corrected chi connectivity index (χ1v) is 7.70. The predicted molar refractivity (Wildman–Crippen MR) is 80.2 cm³/mol. The molecule has 0 spiro atoms. The fourth-order valence-corrected chi connectivity index (χ4v) is 3.19. The summed E-state index contributed by atoms with van der Waals surface area (Å²) < 4.78 is 10.6. The summed E-state index contributed by atoms with van der Waals surface area (Å²) in [7, 11) is 1.71. The molecule has 0 aliphatic heterocycles. The predicted octanol–water partition coefficient (Wildman–Crippen LogP) is 3.22. The SMILES string of the molecule is COCCOCCC1(CN)CCC(C(C)(C)C)CC1. The molecule has 1 aliphatic carbocycles. The van der Waals surface area contributed by atoms with Gasteiger partial charge in [0, 0.05) is 13.7 Å². The lowest BCUT2D eigenvalue weighted by atomic mass is 9.63. The summed E-state index contributed by atoms with van der Waals surface area (Å²) in [5.41, 5.74) is 6.82. The Labute approximate surface area is 119 Å². The van der Waals surface area contributed by atoms with E-state index in [1.54, 1.807) is 7.11 Å². The van der Waals surface area contributed by atoms with Crippen LogP contribution in [0.25, 0.3) is 0 Å². The van der Waals surface area contributed by atoms with Gasteiger partial charge >= 0.3 is 0 Å².